The number of fused-ring (bicyclic) bond motifs is 1. The number of hydrogen-bond acceptors (Lipinski definition) is 10. The van der Waals surface area contributed by atoms with E-state index >= 15 is 0 Å². The van der Waals surface area contributed by atoms with Crippen LogP contribution in [0.1, 0.15) is 36.8 Å². The number of anilines is 1. The first-order valence-corrected chi connectivity index (χ1v) is 11.8. The number of thiocarbonyl (C=S) groups is 1. The lowest BCUT2D eigenvalue weighted by Gasteiger charge is -2.18. The molecule has 0 radical (unpaired) electrons. The van der Waals surface area contributed by atoms with Crippen LogP contribution in [0.5, 0.6) is 0 Å². The van der Waals surface area contributed by atoms with Crippen molar-refractivity contribution in [2.45, 2.75) is 44.2 Å². The Bertz CT molecular complexity index is 1410. The summed E-state index contributed by atoms with van der Waals surface area (Å²) in [5.74, 6) is -1.92. The van der Waals surface area contributed by atoms with Crippen LogP contribution in [-0.4, -0.2) is 58.2 Å². The van der Waals surface area contributed by atoms with Gasteiger partial charge < -0.3 is 25.8 Å². The van der Waals surface area contributed by atoms with Crippen LogP contribution in [0.25, 0.3) is 11.2 Å². The minimum Gasteiger partial charge on any atom is -0.481 e. The molecule has 0 aliphatic rings. The number of aromatic amines is 1. The number of carboxylic acid groups (broad SMARTS) is 2. The second-order valence-corrected chi connectivity index (χ2v) is 9.27. The van der Waals surface area contributed by atoms with Crippen molar-refractivity contribution >= 4 is 62.9 Å². The highest BCUT2D eigenvalue weighted by atomic mass is 32.2. The second-order valence-electron chi connectivity index (χ2n) is 7.64. The molecule has 1 atom stereocenters. The van der Waals surface area contributed by atoms with Crippen LogP contribution in [-0.2, 0) is 20.9 Å². The van der Waals surface area contributed by atoms with Gasteiger partial charge in [-0.05, 0) is 31.5 Å². The number of rotatable bonds is 10. The molecule has 0 spiro atoms. The smallest absolute Gasteiger partial charge is 0.326 e. The van der Waals surface area contributed by atoms with Crippen molar-refractivity contribution < 1.29 is 24.6 Å². The zero-order valence-electron chi connectivity index (χ0n) is 19.2. The van der Waals surface area contributed by atoms with E-state index in [9.17, 15) is 24.3 Å². The number of hydrogen-bond donors (Lipinski definition) is 5. The molecule has 0 unspecified atom stereocenters. The summed E-state index contributed by atoms with van der Waals surface area (Å²) in [6.45, 7) is 3.26. The van der Waals surface area contributed by atoms with Crippen molar-refractivity contribution in [1.82, 2.24) is 25.3 Å². The van der Waals surface area contributed by atoms with Crippen LogP contribution < -0.4 is 16.2 Å². The number of thioether (sulfide) groups is 1. The molecular weight excluding hydrogens is 508 g/mol. The van der Waals surface area contributed by atoms with Gasteiger partial charge in [-0.25, -0.2) is 19.7 Å². The van der Waals surface area contributed by atoms with Gasteiger partial charge in [-0.1, -0.05) is 24.0 Å². The minimum absolute atomic E-state index is 0.0745. The van der Waals surface area contributed by atoms with Crippen molar-refractivity contribution in [3.05, 3.63) is 51.8 Å². The highest BCUT2D eigenvalue weighted by Crippen LogP contribution is 2.28. The Morgan fingerprint density at radius 3 is 2.64 bits per heavy atom. The van der Waals surface area contributed by atoms with Crippen LogP contribution >= 0.6 is 24.0 Å². The molecule has 188 valence electrons. The zero-order chi connectivity index (χ0) is 26.4. The fourth-order valence-corrected chi connectivity index (χ4v) is 4.32. The second kappa shape index (κ2) is 11.7. The molecule has 0 aliphatic carbocycles. The zero-order valence-corrected chi connectivity index (χ0v) is 20.8. The van der Waals surface area contributed by atoms with E-state index in [1.54, 1.807) is 25.1 Å². The molecule has 0 saturated heterocycles. The van der Waals surface area contributed by atoms with Crippen LogP contribution in [0.4, 0.5) is 5.69 Å². The summed E-state index contributed by atoms with van der Waals surface area (Å²) in [7, 11) is 0. The van der Waals surface area contributed by atoms with E-state index < -0.39 is 18.0 Å². The number of carbonyl (C=O) groups excluding carboxylic acids is 1. The Morgan fingerprint density at radius 1 is 1.22 bits per heavy atom. The Balaban J connectivity index is 1.79. The largest absolute Gasteiger partial charge is 0.481 e. The Hall–Kier alpha value is -3.91. The molecule has 14 heteroatoms. The van der Waals surface area contributed by atoms with E-state index in [1.165, 1.54) is 13.1 Å². The Morgan fingerprint density at radius 2 is 1.97 bits per heavy atom. The van der Waals surface area contributed by atoms with Gasteiger partial charge >= 0.3 is 11.9 Å². The topological polar surface area (TPSA) is 187 Å². The maximum Gasteiger partial charge on any atom is 0.326 e. The van der Waals surface area contributed by atoms with E-state index in [4.69, 9.17) is 17.3 Å². The van der Waals surface area contributed by atoms with Crippen molar-refractivity contribution in [3.63, 3.8) is 0 Å². The highest BCUT2D eigenvalue weighted by Gasteiger charge is 2.21. The molecule has 2 aromatic heterocycles. The average Bonchev–Trinajstić information content (AvgIpc) is 2.79. The first kappa shape index (κ1) is 26.7. The summed E-state index contributed by atoms with van der Waals surface area (Å²) in [4.78, 5) is 62.1. The maximum atomic E-state index is 12.1. The minimum atomic E-state index is -1.24. The summed E-state index contributed by atoms with van der Waals surface area (Å²) in [5, 5.41) is 23.9. The summed E-state index contributed by atoms with van der Waals surface area (Å²) < 4.78 is 0. The quantitative estimate of drug-likeness (QED) is 0.189. The number of carboxylic acids is 2. The molecule has 0 fully saturated rings. The van der Waals surface area contributed by atoms with Gasteiger partial charge in [-0.15, -0.1) is 0 Å². The molecule has 0 bridgehead atoms. The number of aromatic nitrogens is 4. The number of aliphatic carboxylic acids is 2. The molecule has 36 heavy (non-hydrogen) atoms. The number of aryl methyl sites for hydroxylation is 1. The number of H-pyrrole nitrogens is 1. The predicted octanol–water partition coefficient (Wildman–Crippen LogP) is 1.86. The summed E-state index contributed by atoms with van der Waals surface area (Å²) in [6.07, 6.45) is 0.997. The average molecular weight is 531 g/mol. The summed E-state index contributed by atoms with van der Waals surface area (Å²) in [6, 6.07) is 3.79. The maximum absolute atomic E-state index is 12.1. The van der Waals surface area contributed by atoms with Crippen LogP contribution in [0, 0.1) is 6.92 Å². The van der Waals surface area contributed by atoms with Gasteiger partial charge in [0.2, 0.25) is 0 Å². The monoisotopic (exact) mass is 530 g/mol. The van der Waals surface area contributed by atoms with Gasteiger partial charge in [0.05, 0.1) is 18.4 Å². The van der Waals surface area contributed by atoms with Crippen molar-refractivity contribution in [2.75, 3.05) is 5.32 Å². The predicted molar refractivity (Wildman–Crippen MR) is 136 cm³/mol. The van der Waals surface area contributed by atoms with Crippen molar-refractivity contribution in [2.24, 2.45) is 0 Å². The first-order chi connectivity index (χ1) is 17.0. The lowest BCUT2D eigenvalue weighted by Crippen LogP contribution is -2.40. The van der Waals surface area contributed by atoms with Gasteiger partial charge in [-0.2, -0.15) is 0 Å². The van der Waals surface area contributed by atoms with Gasteiger partial charge in [0, 0.05) is 29.5 Å². The van der Waals surface area contributed by atoms with E-state index in [0.29, 0.717) is 27.7 Å². The third-order valence-electron chi connectivity index (χ3n) is 4.79. The number of benzene rings is 1. The van der Waals surface area contributed by atoms with Crippen molar-refractivity contribution in [1.29, 1.82) is 0 Å². The standard InChI is InChI=1S/C22H22N6O6S2/c1-10-25-19-18(20(32)26-10)27-13(9-24-19)8-23-12-3-4-14(16(7-12)36-11(2)29)21(35)28-15(22(33)34)5-6-17(30)31/h3-4,7,9,15,23H,5-6,8H2,1-2H3,(H,28,35)(H,30,31)(H,33,34)(H,24,25,26,32)/t15-/m0/s1. The molecule has 0 aliphatic heterocycles. The van der Waals surface area contributed by atoms with Crippen LogP contribution in [0.2, 0.25) is 0 Å². The molecule has 12 nitrogen and oxygen atoms in total. The first-order valence-electron chi connectivity index (χ1n) is 10.6. The lowest BCUT2D eigenvalue weighted by atomic mass is 10.1. The number of nitrogens with one attached hydrogen (secondary N) is 3. The Kier molecular flexibility index (Phi) is 8.66. The number of nitrogens with zero attached hydrogens (tertiary/aromatic N) is 3. The van der Waals surface area contributed by atoms with Gasteiger partial charge in [0.15, 0.2) is 16.3 Å². The Labute approximate surface area is 214 Å². The molecule has 3 aromatic rings. The number of carbonyl (C=O) groups is 3. The molecule has 0 saturated carbocycles. The molecule has 3 rings (SSSR count). The summed E-state index contributed by atoms with van der Waals surface area (Å²) in [5.41, 5.74) is 1.51. The van der Waals surface area contributed by atoms with Crippen LogP contribution in [0.15, 0.2) is 34.1 Å². The summed E-state index contributed by atoms with van der Waals surface area (Å²) >= 11 is 6.28. The SMILES string of the molecule is CC(=O)Sc1cc(NCc2cnc3nc(C)[nH]c(=O)c3n2)ccc1C(=S)N[C@@H](CCC(=O)O)C(=O)O. The molecule has 1 aromatic carbocycles. The fraction of sp³-hybridized carbons (Fsp3) is 0.273. The van der Waals surface area contributed by atoms with E-state index in [1.807, 2.05) is 0 Å². The van der Waals surface area contributed by atoms with E-state index in [0.717, 1.165) is 11.8 Å². The fourth-order valence-electron chi connectivity index (χ4n) is 3.16. The third kappa shape index (κ3) is 7.05. The molecule has 0 amide bonds. The van der Waals surface area contributed by atoms with Crippen molar-refractivity contribution in [3.8, 4) is 0 Å². The van der Waals surface area contributed by atoms with Crippen LogP contribution in [0.3, 0.4) is 0 Å². The third-order valence-corrected chi connectivity index (χ3v) is 5.97. The molecule has 2 heterocycles. The van der Waals surface area contributed by atoms with E-state index in [2.05, 4.69) is 30.6 Å². The molecular formula is C22H22N6O6S2. The van der Waals surface area contributed by atoms with E-state index in [-0.39, 0.29) is 46.2 Å². The van der Waals surface area contributed by atoms with Gasteiger partial charge in [0.25, 0.3) is 5.56 Å². The molecule has 5 N–H and O–H groups in total. The van der Waals surface area contributed by atoms with Gasteiger partial charge in [0.1, 0.15) is 16.9 Å². The van der Waals surface area contributed by atoms with Gasteiger partial charge in [-0.3, -0.25) is 14.4 Å². The highest BCUT2D eigenvalue weighted by molar-refractivity contribution is 8.13. The lowest BCUT2D eigenvalue weighted by molar-refractivity contribution is -0.140. The normalized spacial score (nSPS) is 11.6.